The minimum atomic E-state index is 0.502. The Kier molecular flexibility index (Phi) is 6.17. The molecule has 0 aromatic rings. The summed E-state index contributed by atoms with van der Waals surface area (Å²) in [5, 5.41) is 3.22. The minimum absolute atomic E-state index is 0.502. The summed E-state index contributed by atoms with van der Waals surface area (Å²) in [4.78, 5) is 2.50. The van der Waals surface area contributed by atoms with Crippen molar-refractivity contribution in [3.63, 3.8) is 0 Å². The van der Waals surface area contributed by atoms with Gasteiger partial charge in [-0.1, -0.05) is 0 Å². The maximum Gasteiger partial charge on any atom is 0.0630 e. The van der Waals surface area contributed by atoms with Gasteiger partial charge in [-0.05, 0) is 25.9 Å². The van der Waals surface area contributed by atoms with Crippen molar-refractivity contribution in [1.82, 2.24) is 10.2 Å². The van der Waals surface area contributed by atoms with E-state index >= 15 is 0 Å². The Morgan fingerprint density at radius 3 is 2.80 bits per heavy atom. The Balaban J connectivity index is 2.34. The number of hydrogen-bond donors (Lipinski definition) is 1. The molecule has 0 radical (unpaired) electrons. The maximum atomic E-state index is 5.25. The Morgan fingerprint density at radius 1 is 1.40 bits per heavy atom. The van der Waals surface area contributed by atoms with Crippen molar-refractivity contribution in [3.8, 4) is 0 Å². The van der Waals surface area contributed by atoms with E-state index in [2.05, 4.69) is 10.2 Å². The molecule has 1 fully saturated rings. The maximum absolute atomic E-state index is 5.25. The molecule has 0 bridgehead atoms. The van der Waals surface area contributed by atoms with Crippen molar-refractivity contribution < 1.29 is 9.47 Å². The minimum Gasteiger partial charge on any atom is -0.384 e. The topological polar surface area (TPSA) is 33.7 Å². The van der Waals surface area contributed by atoms with Gasteiger partial charge in [-0.3, -0.25) is 4.90 Å². The smallest absolute Gasteiger partial charge is 0.0630 e. The van der Waals surface area contributed by atoms with Crippen molar-refractivity contribution in [2.24, 2.45) is 5.92 Å². The Bertz CT molecular complexity index is 161. The van der Waals surface area contributed by atoms with Gasteiger partial charge in [0.05, 0.1) is 13.2 Å². The van der Waals surface area contributed by atoms with Crippen LogP contribution in [-0.2, 0) is 9.47 Å². The molecule has 4 heteroatoms. The van der Waals surface area contributed by atoms with Crippen LogP contribution in [0.5, 0.6) is 0 Å². The van der Waals surface area contributed by atoms with E-state index in [1.807, 2.05) is 7.05 Å². The summed E-state index contributed by atoms with van der Waals surface area (Å²) < 4.78 is 10.5. The van der Waals surface area contributed by atoms with Crippen molar-refractivity contribution in [1.29, 1.82) is 0 Å². The molecule has 0 aromatic heterocycles. The van der Waals surface area contributed by atoms with E-state index in [0.29, 0.717) is 12.0 Å². The van der Waals surface area contributed by atoms with Gasteiger partial charge in [0.1, 0.15) is 0 Å². The van der Waals surface area contributed by atoms with E-state index in [4.69, 9.17) is 9.47 Å². The standard InChI is InChI=1S/C11H24N2O2/c1-12-6-11(9-15-3)13-5-4-10(7-13)8-14-2/h10-12H,4-9H2,1-3H3. The lowest BCUT2D eigenvalue weighted by atomic mass is 10.1. The lowest BCUT2D eigenvalue weighted by Gasteiger charge is -2.27. The summed E-state index contributed by atoms with van der Waals surface area (Å²) in [5.41, 5.74) is 0. The van der Waals surface area contributed by atoms with Crippen LogP contribution in [0, 0.1) is 5.92 Å². The highest BCUT2D eigenvalue weighted by Gasteiger charge is 2.27. The highest BCUT2D eigenvalue weighted by Crippen LogP contribution is 2.18. The number of nitrogens with zero attached hydrogens (tertiary/aromatic N) is 1. The number of rotatable bonds is 7. The quantitative estimate of drug-likeness (QED) is 0.659. The Hall–Kier alpha value is -0.160. The second-order valence-corrected chi connectivity index (χ2v) is 4.27. The molecule has 1 aliphatic heterocycles. The first kappa shape index (κ1) is 12.9. The first-order chi connectivity index (χ1) is 7.31. The lowest BCUT2D eigenvalue weighted by Crippen LogP contribution is -2.43. The van der Waals surface area contributed by atoms with Crippen LogP contribution in [-0.4, -0.2) is 65.1 Å². The van der Waals surface area contributed by atoms with Gasteiger partial charge < -0.3 is 14.8 Å². The van der Waals surface area contributed by atoms with E-state index < -0.39 is 0 Å². The first-order valence-corrected chi connectivity index (χ1v) is 5.68. The fraction of sp³-hybridized carbons (Fsp3) is 1.00. The van der Waals surface area contributed by atoms with Gasteiger partial charge in [-0.15, -0.1) is 0 Å². The molecule has 15 heavy (non-hydrogen) atoms. The molecule has 0 aliphatic carbocycles. The van der Waals surface area contributed by atoms with E-state index in [9.17, 15) is 0 Å². The average molecular weight is 216 g/mol. The van der Waals surface area contributed by atoms with Gasteiger partial charge in [0.2, 0.25) is 0 Å². The van der Waals surface area contributed by atoms with Crippen molar-refractivity contribution in [2.75, 3.05) is 54.1 Å². The second-order valence-electron chi connectivity index (χ2n) is 4.27. The van der Waals surface area contributed by atoms with Crippen LogP contribution in [0.1, 0.15) is 6.42 Å². The summed E-state index contributed by atoms with van der Waals surface area (Å²) in [7, 11) is 5.54. The summed E-state index contributed by atoms with van der Waals surface area (Å²) >= 11 is 0. The number of likely N-dealkylation sites (tertiary alicyclic amines) is 1. The van der Waals surface area contributed by atoms with Crippen LogP contribution in [0.4, 0.5) is 0 Å². The van der Waals surface area contributed by atoms with Crippen molar-refractivity contribution in [2.45, 2.75) is 12.5 Å². The highest BCUT2D eigenvalue weighted by molar-refractivity contribution is 4.82. The number of likely N-dealkylation sites (N-methyl/N-ethyl adjacent to an activating group) is 1. The van der Waals surface area contributed by atoms with Crippen molar-refractivity contribution >= 4 is 0 Å². The van der Waals surface area contributed by atoms with Crippen LogP contribution in [0.2, 0.25) is 0 Å². The molecule has 1 heterocycles. The van der Waals surface area contributed by atoms with Gasteiger partial charge >= 0.3 is 0 Å². The molecule has 2 unspecified atom stereocenters. The van der Waals surface area contributed by atoms with E-state index in [1.54, 1.807) is 14.2 Å². The Morgan fingerprint density at radius 2 is 2.20 bits per heavy atom. The monoisotopic (exact) mass is 216 g/mol. The molecule has 0 saturated carbocycles. The molecule has 1 saturated heterocycles. The second kappa shape index (κ2) is 7.17. The molecule has 2 atom stereocenters. The molecule has 0 spiro atoms. The number of nitrogens with one attached hydrogen (secondary N) is 1. The molecular formula is C11H24N2O2. The van der Waals surface area contributed by atoms with Crippen molar-refractivity contribution in [3.05, 3.63) is 0 Å². The zero-order chi connectivity index (χ0) is 11.1. The fourth-order valence-electron chi connectivity index (χ4n) is 2.29. The zero-order valence-corrected chi connectivity index (χ0v) is 10.2. The summed E-state index contributed by atoms with van der Waals surface area (Å²) in [6.07, 6.45) is 1.25. The van der Waals surface area contributed by atoms with Gasteiger partial charge in [-0.25, -0.2) is 0 Å². The number of ether oxygens (including phenoxy) is 2. The molecule has 4 nitrogen and oxygen atoms in total. The Labute approximate surface area is 92.9 Å². The SMILES string of the molecule is CNCC(COC)N1CCC(COC)C1. The molecule has 1 rings (SSSR count). The molecule has 1 N–H and O–H groups in total. The van der Waals surface area contributed by atoms with E-state index in [0.717, 1.165) is 26.3 Å². The first-order valence-electron chi connectivity index (χ1n) is 5.68. The van der Waals surface area contributed by atoms with Crippen LogP contribution in [0.15, 0.2) is 0 Å². The molecule has 1 aliphatic rings. The predicted molar refractivity (Wildman–Crippen MR) is 61.1 cm³/mol. The van der Waals surface area contributed by atoms with Crippen LogP contribution in [0.3, 0.4) is 0 Å². The molecule has 0 amide bonds. The summed E-state index contributed by atoms with van der Waals surface area (Å²) in [6, 6.07) is 0.502. The largest absolute Gasteiger partial charge is 0.384 e. The number of hydrogen-bond acceptors (Lipinski definition) is 4. The average Bonchev–Trinajstić information content (AvgIpc) is 2.67. The summed E-state index contributed by atoms with van der Waals surface area (Å²) in [6.45, 7) is 5.00. The van der Waals surface area contributed by atoms with E-state index in [-0.39, 0.29) is 0 Å². The summed E-state index contributed by atoms with van der Waals surface area (Å²) in [5.74, 6) is 0.700. The third-order valence-electron chi connectivity index (χ3n) is 3.03. The van der Waals surface area contributed by atoms with Crippen LogP contribution < -0.4 is 5.32 Å². The zero-order valence-electron chi connectivity index (χ0n) is 10.2. The van der Waals surface area contributed by atoms with Gasteiger partial charge in [0.15, 0.2) is 0 Å². The molecular weight excluding hydrogens is 192 g/mol. The van der Waals surface area contributed by atoms with Gasteiger partial charge in [0.25, 0.3) is 0 Å². The molecule has 90 valence electrons. The van der Waals surface area contributed by atoms with Crippen LogP contribution in [0.25, 0.3) is 0 Å². The van der Waals surface area contributed by atoms with E-state index in [1.165, 1.54) is 13.0 Å². The van der Waals surface area contributed by atoms with Gasteiger partial charge in [0, 0.05) is 33.4 Å². The predicted octanol–water partition coefficient (Wildman–Crippen LogP) is 0.189. The number of methoxy groups -OCH3 is 2. The highest BCUT2D eigenvalue weighted by atomic mass is 16.5. The fourth-order valence-corrected chi connectivity index (χ4v) is 2.29. The lowest BCUT2D eigenvalue weighted by molar-refractivity contribution is 0.0962. The third kappa shape index (κ3) is 4.07. The third-order valence-corrected chi connectivity index (χ3v) is 3.03. The molecule has 0 aromatic carbocycles. The normalized spacial score (nSPS) is 24.6. The van der Waals surface area contributed by atoms with Crippen LogP contribution >= 0.6 is 0 Å². The van der Waals surface area contributed by atoms with Gasteiger partial charge in [-0.2, -0.15) is 0 Å².